The molecular formula is C15H19F3N2O3. The minimum atomic E-state index is -2.69. The van der Waals surface area contributed by atoms with Crippen LogP contribution in [0.4, 0.5) is 23.7 Å². The molecule has 1 N–H and O–H groups in total. The number of alkyl halides is 2. The van der Waals surface area contributed by atoms with E-state index in [1.165, 1.54) is 6.07 Å². The Hall–Kier alpha value is -1.96. The summed E-state index contributed by atoms with van der Waals surface area (Å²) < 4.78 is 48.1. The zero-order valence-corrected chi connectivity index (χ0v) is 12.9. The Kier molecular flexibility index (Phi) is 5.70. The summed E-state index contributed by atoms with van der Waals surface area (Å²) in [5.41, 5.74) is 0.142. The third kappa shape index (κ3) is 4.51. The Morgan fingerprint density at radius 2 is 2.22 bits per heavy atom. The van der Waals surface area contributed by atoms with Crippen molar-refractivity contribution in [2.24, 2.45) is 0 Å². The Balaban J connectivity index is 2.10. The number of halogens is 3. The van der Waals surface area contributed by atoms with Crippen LogP contribution < -0.4 is 10.1 Å². The molecule has 2 rings (SSSR count). The van der Waals surface area contributed by atoms with E-state index >= 15 is 0 Å². The quantitative estimate of drug-likeness (QED) is 0.922. The fourth-order valence-corrected chi connectivity index (χ4v) is 2.28. The third-order valence-electron chi connectivity index (χ3n) is 3.69. The van der Waals surface area contributed by atoms with Crippen molar-refractivity contribution in [1.82, 2.24) is 4.90 Å². The van der Waals surface area contributed by atoms with Gasteiger partial charge in [-0.25, -0.2) is 18.0 Å². The molecular weight excluding hydrogens is 313 g/mol. The van der Waals surface area contributed by atoms with Crippen LogP contribution >= 0.6 is 0 Å². The highest BCUT2D eigenvalue weighted by Crippen LogP contribution is 2.27. The van der Waals surface area contributed by atoms with E-state index in [2.05, 4.69) is 5.32 Å². The van der Waals surface area contributed by atoms with E-state index in [0.29, 0.717) is 13.2 Å². The maximum atomic E-state index is 13.3. The van der Waals surface area contributed by atoms with Gasteiger partial charge >= 0.3 is 6.03 Å². The first kappa shape index (κ1) is 17.4. The molecule has 0 saturated carbocycles. The molecule has 1 aliphatic heterocycles. The van der Waals surface area contributed by atoms with Gasteiger partial charge in [-0.15, -0.1) is 0 Å². The lowest BCUT2D eigenvalue weighted by Crippen LogP contribution is -2.52. The summed E-state index contributed by atoms with van der Waals surface area (Å²) in [4.78, 5) is 13.9. The number of nitrogens with one attached hydrogen (secondary N) is 1. The summed E-state index contributed by atoms with van der Waals surface area (Å²) in [6.07, 6.45) is -2.81. The topological polar surface area (TPSA) is 50.8 Å². The van der Waals surface area contributed by atoms with E-state index in [4.69, 9.17) is 9.47 Å². The van der Waals surface area contributed by atoms with Crippen molar-refractivity contribution in [2.45, 2.75) is 32.4 Å². The van der Waals surface area contributed by atoms with Gasteiger partial charge in [0.15, 0.2) is 0 Å². The number of carbonyl (C=O) groups excluding carboxylic acids is 1. The van der Waals surface area contributed by atoms with E-state index in [9.17, 15) is 18.0 Å². The molecule has 128 valence electrons. The van der Waals surface area contributed by atoms with Crippen LogP contribution in [0.3, 0.4) is 0 Å². The van der Waals surface area contributed by atoms with E-state index < -0.39 is 24.9 Å². The average molecular weight is 332 g/mol. The number of urea groups is 1. The third-order valence-corrected chi connectivity index (χ3v) is 3.69. The normalized spacial score (nSPS) is 21.4. The van der Waals surface area contributed by atoms with E-state index in [-0.39, 0.29) is 23.6 Å². The number of hydrogen-bond donors (Lipinski definition) is 1. The van der Waals surface area contributed by atoms with Gasteiger partial charge in [0.2, 0.25) is 0 Å². The molecule has 1 aromatic rings. The molecule has 0 radical (unpaired) electrons. The summed E-state index contributed by atoms with van der Waals surface area (Å²) in [7, 11) is 0. The first-order valence-electron chi connectivity index (χ1n) is 7.28. The Bertz CT molecular complexity index is 557. The molecule has 1 aromatic carbocycles. The van der Waals surface area contributed by atoms with Gasteiger partial charge in [-0.05, 0) is 26.0 Å². The molecule has 8 heteroatoms. The summed E-state index contributed by atoms with van der Waals surface area (Å²) in [6.45, 7) is 3.65. The number of benzene rings is 1. The molecule has 0 aromatic heterocycles. The number of morpholine rings is 1. The molecule has 1 heterocycles. The second-order valence-electron chi connectivity index (χ2n) is 5.28. The summed E-state index contributed by atoms with van der Waals surface area (Å²) >= 11 is 0. The van der Waals surface area contributed by atoms with Crippen LogP contribution in [0.5, 0.6) is 5.75 Å². The fraction of sp³-hybridized carbons (Fsp3) is 0.533. The first-order valence-corrected chi connectivity index (χ1v) is 7.28. The van der Waals surface area contributed by atoms with Crippen LogP contribution in [-0.2, 0) is 4.74 Å². The highest BCUT2D eigenvalue weighted by atomic mass is 19.3. The lowest BCUT2D eigenvalue weighted by atomic mass is 10.1. The summed E-state index contributed by atoms with van der Waals surface area (Å²) in [5.74, 6) is -0.770. The van der Waals surface area contributed by atoms with Crippen molar-refractivity contribution >= 4 is 11.7 Å². The van der Waals surface area contributed by atoms with Gasteiger partial charge in [0.1, 0.15) is 18.2 Å². The first-order chi connectivity index (χ1) is 10.9. The Labute approximate surface area is 132 Å². The number of ether oxygens (including phenoxy) is 2. The number of hydrogen-bond acceptors (Lipinski definition) is 3. The fourth-order valence-electron chi connectivity index (χ4n) is 2.28. The molecule has 5 nitrogen and oxygen atoms in total. The lowest BCUT2D eigenvalue weighted by Gasteiger charge is -2.37. The number of nitrogens with zero attached hydrogens (tertiary/aromatic N) is 1. The van der Waals surface area contributed by atoms with Gasteiger partial charge < -0.3 is 19.7 Å². The van der Waals surface area contributed by atoms with Crippen molar-refractivity contribution in [3.8, 4) is 5.75 Å². The van der Waals surface area contributed by atoms with Crippen LogP contribution in [0.15, 0.2) is 18.2 Å². The van der Waals surface area contributed by atoms with Crippen molar-refractivity contribution in [2.75, 3.05) is 25.1 Å². The van der Waals surface area contributed by atoms with Crippen molar-refractivity contribution in [3.63, 3.8) is 0 Å². The number of anilines is 1. The van der Waals surface area contributed by atoms with Gasteiger partial charge in [0.25, 0.3) is 6.43 Å². The Morgan fingerprint density at radius 1 is 1.48 bits per heavy atom. The highest BCUT2D eigenvalue weighted by Gasteiger charge is 2.29. The summed E-state index contributed by atoms with van der Waals surface area (Å²) in [6, 6.07) is 2.80. The van der Waals surface area contributed by atoms with E-state index in [1.807, 2.05) is 13.8 Å². The van der Waals surface area contributed by atoms with E-state index in [1.54, 1.807) is 4.90 Å². The maximum absolute atomic E-state index is 13.3. The van der Waals surface area contributed by atoms with Crippen LogP contribution in [0.2, 0.25) is 0 Å². The van der Waals surface area contributed by atoms with Crippen LogP contribution in [0, 0.1) is 5.82 Å². The molecule has 0 unspecified atom stereocenters. The van der Waals surface area contributed by atoms with Gasteiger partial charge in [-0.1, -0.05) is 0 Å². The minimum Gasteiger partial charge on any atom is -0.485 e. The Morgan fingerprint density at radius 3 is 2.91 bits per heavy atom. The number of carbonyl (C=O) groups is 1. The molecule has 2 amide bonds. The molecule has 0 bridgehead atoms. The van der Waals surface area contributed by atoms with Crippen molar-refractivity contribution < 1.29 is 27.4 Å². The molecule has 1 aliphatic rings. The van der Waals surface area contributed by atoms with Crippen LogP contribution in [0.25, 0.3) is 0 Å². The van der Waals surface area contributed by atoms with Gasteiger partial charge in [-0.2, -0.15) is 0 Å². The predicted molar refractivity (Wildman–Crippen MR) is 78.5 cm³/mol. The zero-order valence-electron chi connectivity index (χ0n) is 12.9. The zero-order chi connectivity index (χ0) is 17.0. The van der Waals surface area contributed by atoms with Gasteiger partial charge in [0.05, 0.1) is 24.4 Å². The van der Waals surface area contributed by atoms with Crippen molar-refractivity contribution in [1.29, 1.82) is 0 Å². The molecule has 1 saturated heterocycles. The summed E-state index contributed by atoms with van der Waals surface area (Å²) in [5, 5.41) is 2.58. The highest BCUT2D eigenvalue weighted by molar-refractivity contribution is 5.91. The maximum Gasteiger partial charge on any atom is 0.322 e. The lowest BCUT2D eigenvalue weighted by molar-refractivity contribution is -0.0355. The van der Waals surface area contributed by atoms with E-state index in [0.717, 1.165) is 12.1 Å². The predicted octanol–water partition coefficient (Wildman–Crippen LogP) is 3.11. The molecule has 0 spiro atoms. The second kappa shape index (κ2) is 7.54. The van der Waals surface area contributed by atoms with Crippen molar-refractivity contribution in [3.05, 3.63) is 24.0 Å². The monoisotopic (exact) mass is 332 g/mol. The van der Waals surface area contributed by atoms with Gasteiger partial charge in [0, 0.05) is 12.6 Å². The molecule has 1 fully saturated rings. The second-order valence-corrected chi connectivity index (χ2v) is 5.28. The standard InChI is InChI=1S/C15H19F3N2O3/c1-9-10(2)22-6-5-20(9)15(21)19-12-4-3-11(16)7-13(12)23-8-14(17)18/h3-4,7,9-10,14H,5-6,8H2,1-2H3,(H,19,21)/t9-,10-/m1/s1. The van der Waals surface area contributed by atoms with Crippen LogP contribution in [-0.4, -0.2) is 49.3 Å². The minimum absolute atomic E-state index is 0.114. The number of rotatable bonds is 4. The molecule has 2 atom stereocenters. The smallest absolute Gasteiger partial charge is 0.322 e. The SMILES string of the molecule is C[C@@H]1[C@@H](C)OCCN1C(=O)Nc1ccc(F)cc1OCC(F)F. The number of amides is 2. The average Bonchev–Trinajstić information content (AvgIpc) is 2.50. The van der Waals surface area contributed by atoms with Gasteiger partial charge in [-0.3, -0.25) is 0 Å². The van der Waals surface area contributed by atoms with Crippen LogP contribution in [0.1, 0.15) is 13.8 Å². The molecule has 0 aliphatic carbocycles. The molecule has 23 heavy (non-hydrogen) atoms. The largest absolute Gasteiger partial charge is 0.485 e.